The Hall–Kier alpha value is -0.860. The molecule has 0 radical (unpaired) electrons. The minimum Gasteiger partial charge on any atom is -0.395 e. The molecule has 18 heavy (non-hydrogen) atoms. The third kappa shape index (κ3) is 3.33. The van der Waals surface area contributed by atoms with Gasteiger partial charge in [0.05, 0.1) is 6.61 Å². The van der Waals surface area contributed by atoms with Crippen molar-refractivity contribution < 1.29 is 5.11 Å². The molecule has 1 atom stereocenters. The zero-order valence-electron chi connectivity index (χ0n) is 11.6. The van der Waals surface area contributed by atoms with Gasteiger partial charge in [-0.15, -0.1) is 0 Å². The van der Waals surface area contributed by atoms with Gasteiger partial charge in [0.25, 0.3) is 0 Å². The van der Waals surface area contributed by atoms with Gasteiger partial charge in [-0.2, -0.15) is 0 Å². The molecule has 1 fully saturated rings. The molecule has 1 unspecified atom stereocenters. The largest absolute Gasteiger partial charge is 0.395 e. The van der Waals surface area contributed by atoms with Crippen LogP contribution in [0.15, 0.2) is 24.3 Å². The van der Waals surface area contributed by atoms with E-state index in [1.807, 2.05) is 0 Å². The van der Waals surface area contributed by atoms with E-state index in [9.17, 15) is 5.11 Å². The summed E-state index contributed by atoms with van der Waals surface area (Å²) in [6.07, 6.45) is 3.82. The van der Waals surface area contributed by atoms with Crippen LogP contribution in [0.5, 0.6) is 0 Å². The maximum absolute atomic E-state index is 9.37. The fraction of sp³-hybridized carbons (Fsp3) is 0.625. The summed E-state index contributed by atoms with van der Waals surface area (Å²) in [6.45, 7) is 6.68. The second-order valence-electron chi connectivity index (χ2n) is 6.16. The number of rotatable bonds is 4. The van der Waals surface area contributed by atoms with Crippen LogP contribution in [0, 0.1) is 5.92 Å². The molecule has 1 aliphatic rings. The maximum Gasteiger partial charge on any atom is 0.0522 e. The van der Waals surface area contributed by atoms with Gasteiger partial charge in [-0.1, -0.05) is 38.1 Å². The minimum absolute atomic E-state index is 0.134. The highest BCUT2D eigenvalue weighted by Crippen LogP contribution is 2.24. The van der Waals surface area contributed by atoms with Crippen LogP contribution >= 0.6 is 0 Å². The van der Waals surface area contributed by atoms with Crippen LogP contribution in [0.3, 0.4) is 0 Å². The van der Waals surface area contributed by atoms with E-state index in [4.69, 9.17) is 0 Å². The van der Waals surface area contributed by atoms with E-state index in [0.717, 1.165) is 12.5 Å². The number of hydrogen-bond donors (Lipinski definition) is 2. The average Bonchev–Trinajstić information content (AvgIpc) is 2.40. The van der Waals surface area contributed by atoms with Gasteiger partial charge in [0.2, 0.25) is 0 Å². The summed E-state index contributed by atoms with van der Waals surface area (Å²) < 4.78 is 0. The van der Waals surface area contributed by atoms with Crippen molar-refractivity contribution in [3.05, 3.63) is 35.4 Å². The second-order valence-corrected chi connectivity index (χ2v) is 6.16. The first-order valence-corrected chi connectivity index (χ1v) is 7.03. The number of piperidine rings is 1. The Morgan fingerprint density at radius 1 is 1.28 bits per heavy atom. The summed E-state index contributed by atoms with van der Waals surface area (Å²) in [5, 5.41) is 12.8. The number of nitrogens with one attached hydrogen (secondary N) is 1. The Bertz CT molecular complexity index is 363. The van der Waals surface area contributed by atoms with Crippen molar-refractivity contribution in [2.24, 2.45) is 5.92 Å². The van der Waals surface area contributed by atoms with E-state index in [2.05, 4.69) is 43.4 Å². The molecule has 1 aliphatic heterocycles. The predicted molar refractivity (Wildman–Crippen MR) is 75.9 cm³/mol. The molecule has 1 aromatic carbocycles. The molecule has 2 heteroatoms. The van der Waals surface area contributed by atoms with Crippen molar-refractivity contribution in [2.45, 2.75) is 38.5 Å². The molecule has 1 saturated heterocycles. The van der Waals surface area contributed by atoms with Crippen molar-refractivity contribution in [3.63, 3.8) is 0 Å². The Balaban J connectivity index is 1.99. The molecular weight excluding hydrogens is 222 g/mol. The Morgan fingerprint density at radius 3 is 2.56 bits per heavy atom. The SMILES string of the molecule is CC(C)(CO)c1ccc(CC2CCCNC2)cc1. The quantitative estimate of drug-likeness (QED) is 0.857. The Labute approximate surface area is 110 Å². The third-order valence-corrected chi connectivity index (χ3v) is 4.05. The highest BCUT2D eigenvalue weighted by molar-refractivity contribution is 5.28. The highest BCUT2D eigenvalue weighted by Gasteiger charge is 2.19. The first kappa shape index (κ1) is 13.6. The van der Waals surface area contributed by atoms with Crippen LogP contribution < -0.4 is 5.32 Å². The number of benzene rings is 1. The minimum atomic E-state index is -0.134. The van der Waals surface area contributed by atoms with Crippen molar-refractivity contribution in [1.82, 2.24) is 5.32 Å². The smallest absolute Gasteiger partial charge is 0.0522 e. The lowest BCUT2D eigenvalue weighted by molar-refractivity contribution is 0.218. The third-order valence-electron chi connectivity index (χ3n) is 4.05. The molecule has 0 spiro atoms. The lowest BCUT2D eigenvalue weighted by atomic mass is 9.84. The highest BCUT2D eigenvalue weighted by atomic mass is 16.3. The van der Waals surface area contributed by atoms with E-state index in [1.165, 1.54) is 36.9 Å². The molecule has 2 N–H and O–H groups in total. The van der Waals surface area contributed by atoms with Gasteiger partial charge >= 0.3 is 0 Å². The lowest BCUT2D eigenvalue weighted by Crippen LogP contribution is -2.30. The summed E-state index contributed by atoms with van der Waals surface area (Å²) in [7, 11) is 0. The molecule has 1 aromatic rings. The Kier molecular flexibility index (Phi) is 4.41. The summed E-state index contributed by atoms with van der Waals surface area (Å²) in [6, 6.07) is 8.78. The van der Waals surface area contributed by atoms with Crippen LogP contribution in [0.2, 0.25) is 0 Å². The number of aliphatic hydroxyl groups excluding tert-OH is 1. The van der Waals surface area contributed by atoms with Crippen LogP contribution in [0.4, 0.5) is 0 Å². The number of aliphatic hydroxyl groups is 1. The maximum atomic E-state index is 9.37. The van der Waals surface area contributed by atoms with E-state index >= 15 is 0 Å². The standard InChI is InChI=1S/C16H25NO/c1-16(2,12-18)15-7-5-13(6-8-15)10-14-4-3-9-17-11-14/h5-8,14,17-18H,3-4,9-12H2,1-2H3. The van der Waals surface area contributed by atoms with Gasteiger partial charge in [-0.25, -0.2) is 0 Å². The molecule has 0 amide bonds. The van der Waals surface area contributed by atoms with E-state index in [-0.39, 0.29) is 12.0 Å². The van der Waals surface area contributed by atoms with Crippen LogP contribution in [0.25, 0.3) is 0 Å². The summed E-state index contributed by atoms with van der Waals surface area (Å²) in [4.78, 5) is 0. The molecule has 0 bridgehead atoms. The van der Waals surface area contributed by atoms with Crippen LogP contribution in [-0.4, -0.2) is 24.8 Å². The van der Waals surface area contributed by atoms with Gasteiger partial charge in [0.15, 0.2) is 0 Å². The summed E-state index contributed by atoms with van der Waals surface area (Å²) in [5.74, 6) is 0.787. The second kappa shape index (κ2) is 5.85. The first-order valence-electron chi connectivity index (χ1n) is 7.03. The van der Waals surface area contributed by atoms with E-state index in [1.54, 1.807) is 0 Å². The predicted octanol–water partition coefficient (Wildman–Crippen LogP) is 2.50. The van der Waals surface area contributed by atoms with Crippen molar-refractivity contribution >= 4 is 0 Å². The fourth-order valence-corrected chi connectivity index (χ4v) is 2.61. The van der Waals surface area contributed by atoms with Gasteiger partial charge in [-0.3, -0.25) is 0 Å². The molecule has 2 rings (SSSR count). The lowest BCUT2D eigenvalue weighted by Gasteiger charge is -2.24. The van der Waals surface area contributed by atoms with Gasteiger partial charge in [0, 0.05) is 5.41 Å². The molecule has 0 aromatic heterocycles. The molecular formula is C16H25NO. The monoisotopic (exact) mass is 247 g/mol. The fourth-order valence-electron chi connectivity index (χ4n) is 2.61. The molecule has 100 valence electrons. The zero-order valence-corrected chi connectivity index (χ0v) is 11.6. The van der Waals surface area contributed by atoms with Gasteiger partial charge < -0.3 is 10.4 Å². The molecule has 2 nitrogen and oxygen atoms in total. The van der Waals surface area contributed by atoms with Crippen LogP contribution in [0.1, 0.15) is 37.8 Å². The van der Waals surface area contributed by atoms with Crippen molar-refractivity contribution in [3.8, 4) is 0 Å². The van der Waals surface area contributed by atoms with Gasteiger partial charge in [-0.05, 0) is 49.4 Å². The zero-order chi connectivity index (χ0) is 13.0. The topological polar surface area (TPSA) is 32.3 Å². The first-order chi connectivity index (χ1) is 8.62. The summed E-state index contributed by atoms with van der Waals surface area (Å²) in [5.41, 5.74) is 2.50. The molecule has 0 aliphatic carbocycles. The van der Waals surface area contributed by atoms with E-state index in [0.29, 0.717) is 0 Å². The number of hydrogen-bond acceptors (Lipinski definition) is 2. The average molecular weight is 247 g/mol. The Morgan fingerprint density at radius 2 is 2.00 bits per heavy atom. The normalized spacial score (nSPS) is 20.9. The van der Waals surface area contributed by atoms with E-state index < -0.39 is 0 Å². The van der Waals surface area contributed by atoms with Crippen molar-refractivity contribution in [2.75, 3.05) is 19.7 Å². The molecule has 0 saturated carbocycles. The van der Waals surface area contributed by atoms with Crippen LogP contribution in [-0.2, 0) is 11.8 Å². The molecule has 1 heterocycles. The van der Waals surface area contributed by atoms with Gasteiger partial charge in [0.1, 0.15) is 0 Å². The van der Waals surface area contributed by atoms with Crippen molar-refractivity contribution in [1.29, 1.82) is 0 Å². The summed E-state index contributed by atoms with van der Waals surface area (Å²) >= 11 is 0.